The molecule has 2 aromatic carbocycles. The Morgan fingerprint density at radius 1 is 0.919 bits per heavy atom. The van der Waals surface area contributed by atoms with Crippen LogP contribution in [-0.4, -0.2) is 35.7 Å². The Morgan fingerprint density at radius 3 is 2.32 bits per heavy atom. The highest BCUT2D eigenvalue weighted by molar-refractivity contribution is 6.43. The van der Waals surface area contributed by atoms with Gasteiger partial charge in [0.1, 0.15) is 18.2 Å². The zero-order chi connectivity index (χ0) is 26.8. The molecule has 1 aromatic heterocycles. The van der Waals surface area contributed by atoms with Crippen molar-refractivity contribution in [1.82, 2.24) is 20.6 Å². The van der Waals surface area contributed by atoms with E-state index in [4.69, 9.17) is 39.4 Å². The van der Waals surface area contributed by atoms with Gasteiger partial charge in [0.25, 0.3) is 0 Å². The average Bonchev–Trinajstić information content (AvgIpc) is 2.84. The highest BCUT2D eigenvalue weighted by Gasteiger charge is 2.17. The number of anilines is 2. The van der Waals surface area contributed by atoms with Gasteiger partial charge in [-0.2, -0.15) is 4.98 Å². The number of para-hydroxylation sites is 1. The zero-order valence-corrected chi connectivity index (χ0v) is 23.4. The number of halogens is 2. The van der Waals surface area contributed by atoms with Crippen molar-refractivity contribution in [2.45, 2.75) is 59.0 Å². The van der Waals surface area contributed by atoms with Crippen LogP contribution in [0.2, 0.25) is 10.0 Å². The van der Waals surface area contributed by atoms with Crippen LogP contribution >= 0.6 is 23.2 Å². The van der Waals surface area contributed by atoms with Crippen LogP contribution in [0.15, 0.2) is 36.4 Å². The minimum absolute atomic E-state index is 0.136. The lowest BCUT2D eigenvalue weighted by Gasteiger charge is -2.17. The fourth-order valence-corrected chi connectivity index (χ4v) is 4.64. The van der Waals surface area contributed by atoms with E-state index in [1.807, 2.05) is 12.1 Å². The molecule has 0 radical (unpaired) electrons. The van der Waals surface area contributed by atoms with Crippen molar-refractivity contribution in [3.63, 3.8) is 0 Å². The number of hydrogen-bond acceptors (Lipinski definition) is 7. The quantitative estimate of drug-likeness (QED) is 0.186. The number of nitrogens with two attached hydrogens (primary N) is 2. The van der Waals surface area contributed by atoms with Gasteiger partial charge in [0.2, 0.25) is 5.95 Å². The first-order valence-corrected chi connectivity index (χ1v) is 13.5. The second-order valence-electron chi connectivity index (χ2n) is 9.37. The Bertz CT molecular complexity index is 1150. The summed E-state index contributed by atoms with van der Waals surface area (Å²) in [5.41, 5.74) is 16.5. The van der Waals surface area contributed by atoms with E-state index in [-0.39, 0.29) is 11.8 Å². The molecule has 0 aliphatic carbocycles. The molecule has 0 aliphatic heterocycles. The normalized spacial score (nSPS) is 12.0. The van der Waals surface area contributed by atoms with Crippen molar-refractivity contribution < 1.29 is 4.74 Å². The summed E-state index contributed by atoms with van der Waals surface area (Å²) in [6.45, 7) is 9.34. The monoisotopic (exact) mass is 544 g/mol. The zero-order valence-electron chi connectivity index (χ0n) is 21.9. The first-order chi connectivity index (χ1) is 17.8. The van der Waals surface area contributed by atoms with Crippen molar-refractivity contribution in [3.05, 3.63) is 63.3 Å². The molecular weight excluding hydrogens is 507 g/mol. The Balaban J connectivity index is 1.35. The van der Waals surface area contributed by atoms with E-state index in [2.05, 4.69) is 59.6 Å². The van der Waals surface area contributed by atoms with Crippen molar-refractivity contribution in [1.29, 1.82) is 0 Å². The molecule has 7 nitrogen and oxygen atoms in total. The first kappa shape index (κ1) is 29.0. The minimum atomic E-state index is 0.136. The van der Waals surface area contributed by atoms with Gasteiger partial charge in [-0.05, 0) is 63.9 Å². The van der Waals surface area contributed by atoms with Gasteiger partial charge < -0.3 is 26.8 Å². The van der Waals surface area contributed by atoms with Crippen LogP contribution in [0, 0.1) is 13.8 Å². The van der Waals surface area contributed by atoms with Crippen LogP contribution in [0.4, 0.5) is 11.8 Å². The molecule has 0 spiro atoms. The molecule has 0 saturated carbocycles. The Morgan fingerprint density at radius 2 is 1.59 bits per heavy atom. The summed E-state index contributed by atoms with van der Waals surface area (Å²) in [7, 11) is 0. The molecule has 1 atom stereocenters. The molecule has 0 saturated heterocycles. The first-order valence-electron chi connectivity index (χ1n) is 12.8. The molecule has 37 heavy (non-hydrogen) atoms. The lowest BCUT2D eigenvalue weighted by atomic mass is 10.0. The Labute approximate surface area is 230 Å². The third-order valence-corrected chi connectivity index (χ3v) is 7.02. The Kier molecular flexibility index (Phi) is 11.3. The summed E-state index contributed by atoms with van der Waals surface area (Å²) in [4.78, 5) is 8.52. The molecule has 6 N–H and O–H groups in total. The van der Waals surface area contributed by atoms with E-state index in [0.29, 0.717) is 46.1 Å². The largest absolute Gasteiger partial charge is 0.491 e. The smallest absolute Gasteiger partial charge is 0.222 e. The number of nitrogens with zero attached hydrogens (tertiary/aromatic N) is 2. The van der Waals surface area contributed by atoms with Crippen molar-refractivity contribution in [3.8, 4) is 16.9 Å². The predicted molar refractivity (Wildman–Crippen MR) is 155 cm³/mol. The summed E-state index contributed by atoms with van der Waals surface area (Å²) >= 11 is 12.6. The molecule has 0 aliphatic rings. The maximum Gasteiger partial charge on any atom is 0.222 e. The summed E-state index contributed by atoms with van der Waals surface area (Å²) in [5, 5.41) is 7.87. The number of nitrogen functional groups attached to an aromatic ring is 2. The third-order valence-electron chi connectivity index (χ3n) is 6.20. The summed E-state index contributed by atoms with van der Waals surface area (Å²) in [6.07, 6.45) is 4.50. The number of benzene rings is 2. The van der Waals surface area contributed by atoms with Crippen LogP contribution in [0.25, 0.3) is 11.1 Å². The van der Waals surface area contributed by atoms with Crippen LogP contribution in [-0.2, 0) is 6.54 Å². The van der Waals surface area contributed by atoms with E-state index in [9.17, 15) is 0 Å². The summed E-state index contributed by atoms with van der Waals surface area (Å²) in [5.74, 6) is 1.42. The highest BCUT2D eigenvalue weighted by atomic mass is 35.5. The second-order valence-corrected chi connectivity index (χ2v) is 10.2. The molecule has 9 heteroatoms. The molecule has 3 rings (SSSR count). The molecular formula is C28H38Cl2N6O. The number of aryl methyl sites for hydroxylation is 2. The SMILES string of the molecule is Cc1cccc(C)c1OCC(C)NCCCCCCNCc1nc(N)nc(N)c1-c1cccc(Cl)c1Cl. The number of unbranched alkanes of at least 4 members (excludes halogenated alkanes) is 3. The van der Waals surface area contributed by atoms with Crippen molar-refractivity contribution in [2.24, 2.45) is 0 Å². The van der Waals surface area contributed by atoms with Crippen LogP contribution in [0.1, 0.15) is 49.4 Å². The molecule has 1 heterocycles. The van der Waals surface area contributed by atoms with Crippen LogP contribution in [0.3, 0.4) is 0 Å². The van der Waals surface area contributed by atoms with Gasteiger partial charge in [-0.1, -0.05) is 66.4 Å². The topological polar surface area (TPSA) is 111 Å². The van der Waals surface area contributed by atoms with Crippen molar-refractivity contribution in [2.75, 3.05) is 31.2 Å². The average molecular weight is 546 g/mol. The number of rotatable bonds is 14. The van der Waals surface area contributed by atoms with E-state index in [1.165, 1.54) is 11.1 Å². The molecule has 200 valence electrons. The fraction of sp³-hybridized carbons (Fsp3) is 0.429. The van der Waals surface area contributed by atoms with Gasteiger partial charge in [0.05, 0.1) is 15.7 Å². The highest BCUT2D eigenvalue weighted by Crippen LogP contribution is 2.37. The minimum Gasteiger partial charge on any atom is -0.491 e. The molecule has 0 fully saturated rings. The fourth-order valence-electron chi connectivity index (χ4n) is 4.24. The van der Waals surface area contributed by atoms with E-state index >= 15 is 0 Å². The lowest BCUT2D eigenvalue weighted by molar-refractivity contribution is 0.269. The molecule has 0 bridgehead atoms. The number of aromatic nitrogens is 2. The maximum atomic E-state index is 6.43. The second kappa shape index (κ2) is 14.4. The lowest BCUT2D eigenvalue weighted by Crippen LogP contribution is -2.32. The van der Waals surface area contributed by atoms with E-state index in [0.717, 1.165) is 44.5 Å². The molecule has 3 aromatic rings. The van der Waals surface area contributed by atoms with Crippen molar-refractivity contribution >= 4 is 35.0 Å². The molecule has 1 unspecified atom stereocenters. The summed E-state index contributed by atoms with van der Waals surface area (Å²) < 4.78 is 6.04. The number of nitrogens with one attached hydrogen (secondary N) is 2. The van der Waals surface area contributed by atoms with Gasteiger partial charge in [0, 0.05) is 23.7 Å². The van der Waals surface area contributed by atoms with Gasteiger partial charge >= 0.3 is 0 Å². The number of ether oxygens (including phenoxy) is 1. The van der Waals surface area contributed by atoms with Gasteiger partial charge in [0.15, 0.2) is 0 Å². The standard InChI is InChI=1S/C28H38Cl2N6O/c1-18-10-8-11-19(2)26(18)37-17-20(3)34-15-7-5-4-6-14-33-16-23-24(27(31)36-28(32)35-23)21-12-9-13-22(29)25(21)30/h8-13,20,33-34H,4-7,14-17H2,1-3H3,(H4,31,32,35,36). The summed E-state index contributed by atoms with van der Waals surface area (Å²) in [6, 6.07) is 11.9. The maximum absolute atomic E-state index is 6.43. The van der Waals surface area contributed by atoms with Gasteiger partial charge in [-0.3, -0.25) is 0 Å². The van der Waals surface area contributed by atoms with Crippen LogP contribution in [0.5, 0.6) is 5.75 Å². The van der Waals surface area contributed by atoms with Gasteiger partial charge in [-0.15, -0.1) is 0 Å². The van der Waals surface area contributed by atoms with E-state index < -0.39 is 0 Å². The van der Waals surface area contributed by atoms with E-state index in [1.54, 1.807) is 6.07 Å². The van der Waals surface area contributed by atoms with Crippen LogP contribution < -0.4 is 26.8 Å². The predicted octanol–water partition coefficient (Wildman–Crippen LogP) is 5.94. The number of hydrogen-bond donors (Lipinski definition) is 4. The Hall–Kier alpha value is -2.58. The van der Waals surface area contributed by atoms with Gasteiger partial charge in [-0.25, -0.2) is 4.98 Å². The third kappa shape index (κ3) is 8.47. The molecule has 0 amide bonds.